The molecule has 2 aliphatic rings. The lowest BCUT2D eigenvalue weighted by molar-refractivity contribution is -0.119. The summed E-state index contributed by atoms with van der Waals surface area (Å²) in [6, 6.07) is 5.86. The van der Waals surface area contributed by atoms with Crippen LogP contribution in [0.2, 0.25) is 0 Å². The maximum atomic E-state index is 12.5. The molecule has 20 heavy (non-hydrogen) atoms. The Morgan fingerprint density at radius 3 is 3.10 bits per heavy atom. The average molecular weight is 274 g/mol. The summed E-state index contributed by atoms with van der Waals surface area (Å²) in [4.78, 5) is 14.4. The molecule has 0 radical (unpaired) electrons. The Morgan fingerprint density at radius 2 is 2.30 bits per heavy atom. The van der Waals surface area contributed by atoms with Crippen molar-refractivity contribution in [3.63, 3.8) is 0 Å². The van der Waals surface area contributed by atoms with E-state index in [1.54, 1.807) is 0 Å². The minimum Gasteiger partial charge on any atom is -0.398 e. The highest BCUT2D eigenvalue weighted by molar-refractivity contribution is 5.95. The zero-order valence-electron chi connectivity index (χ0n) is 11.8. The van der Waals surface area contributed by atoms with E-state index in [4.69, 9.17) is 10.5 Å². The monoisotopic (exact) mass is 274 g/mol. The Morgan fingerprint density at radius 1 is 1.40 bits per heavy atom. The van der Waals surface area contributed by atoms with Crippen molar-refractivity contribution in [2.24, 2.45) is 0 Å². The first-order chi connectivity index (χ1) is 9.75. The number of nitrogens with zero attached hydrogens (tertiary/aromatic N) is 1. The molecule has 1 aromatic rings. The van der Waals surface area contributed by atoms with Crippen molar-refractivity contribution < 1.29 is 9.53 Å². The molecule has 0 saturated carbocycles. The normalized spacial score (nSPS) is 21.8. The number of nitrogens with two attached hydrogens (primary N) is 1. The van der Waals surface area contributed by atoms with Gasteiger partial charge in [-0.15, -0.1) is 0 Å². The van der Waals surface area contributed by atoms with E-state index in [1.165, 1.54) is 0 Å². The van der Waals surface area contributed by atoms with Gasteiger partial charge in [-0.25, -0.2) is 0 Å². The fourth-order valence-corrected chi connectivity index (χ4v) is 3.20. The van der Waals surface area contributed by atoms with E-state index in [9.17, 15) is 4.79 Å². The first kappa shape index (κ1) is 13.4. The Balaban J connectivity index is 1.68. The zero-order valence-corrected chi connectivity index (χ0v) is 11.8. The van der Waals surface area contributed by atoms with Crippen LogP contribution in [0.15, 0.2) is 18.2 Å². The van der Waals surface area contributed by atoms with Crippen molar-refractivity contribution in [3.8, 4) is 0 Å². The lowest BCUT2D eigenvalue weighted by atomic mass is 9.99. The Kier molecular flexibility index (Phi) is 3.92. The highest BCUT2D eigenvalue weighted by Crippen LogP contribution is 2.32. The number of hydrogen-bond acceptors (Lipinski definition) is 3. The van der Waals surface area contributed by atoms with Gasteiger partial charge in [0.05, 0.1) is 6.10 Å². The van der Waals surface area contributed by atoms with Crippen LogP contribution in [0.25, 0.3) is 0 Å². The van der Waals surface area contributed by atoms with E-state index in [2.05, 4.69) is 0 Å². The first-order valence-corrected chi connectivity index (χ1v) is 7.55. The molecule has 1 saturated heterocycles. The summed E-state index contributed by atoms with van der Waals surface area (Å²) in [6.07, 6.45) is 5.87. The zero-order chi connectivity index (χ0) is 13.9. The van der Waals surface area contributed by atoms with Gasteiger partial charge in [0.2, 0.25) is 5.91 Å². The summed E-state index contributed by atoms with van der Waals surface area (Å²) in [5.74, 6) is 0.201. The second kappa shape index (κ2) is 5.83. The number of rotatable bonds is 3. The third-order valence-corrected chi connectivity index (χ3v) is 4.29. The van der Waals surface area contributed by atoms with Gasteiger partial charge in [0, 0.05) is 30.9 Å². The molecule has 0 aromatic heterocycles. The molecule has 1 atom stereocenters. The molecule has 0 aliphatic carbocycles. The Labute approximate surface area is 119 Å². The highest BCUT2D eigenvalue weighted by atomic mass is 16.5. The minimum atomic E-state index is 0.201. The average Bonchev–Trinajstić information content (AvgIpc) is 2.98. The number of benzene rings is 1. The number of hydrogen-bond donors (Lipinski definition) is 1. The fourth-order valence-electron chi connectivity index (χ4n) is 3.20. The molecule has 0 bridgehead atoms. The summed E-state index contributed by atoms with van der Waals surface area (Å²) < 4.78 is 5.59. The maximum absolute atomic E-state index is 12.5. The summed E-state index contributed by atoms with van der Waals surface area (Å²) in [6.45, 7) is 1.66. The highest BCUT2D eigenvalue weighted by Gasteiger charge is 2.25. The van der Waals surface area contributed by atoms with E-state index in [1.807, 2.05) is 23.1 Å². The second-order valence-electron chi connectivity index (χ2n) is 5.67. The van der Waals surface area contributed by atoms with E-state index >= 15 is 0 Å². The second-order valence-corrected chi connectivity index (χ2v) is 5.67. The number of nitrogen functional groups attached to an aromatic ring is 1. The van der Waals surface area contributed by atoms with Crippen LogP contribution < -0.4 is 10.6 Å². The fraction of sp³-hybridized carbons (Fsp3) is 0.562. The van der Waals surface area contributed by atoms with Crippen molar-refractivity contribution >= 4 is 17.3 Å². The topological polar surface area (TPSA) is 55.6 Å². The number of fused-ring (bicyclic) bond motifs is 1. The molecule has 1 amide bonds. The number of amides is 1. The molecule has 2 aliphatic heterocycles. The first-order valence-electron chi connectivity index (χ1n) is 7.55. The van der Waals surface area contributed by atoms with Crippen molar-refractivity contribution in [3.05, 3.63) is 23.8 Å². The molecular weight excluding hydrogens is 252 g/mol. The van der Waals surface area contributed by atoms with Gasteiger partial charge in [-0.3, -0.25) is 4.79 Å². The molecule has 2 N–H and O–H groups in total. The van der Waals surface area contributed by atoms with E-state index < -0.39 is 0 Å². The SMILES string of the molecule is Nc1cccc2c1CCCN2C(=O)CCC1CCCO1. The maximum Gasteiger partial charge on any atom is 0.227 e. The van der Waals surface area contributed by atoms with Gasteiger partial charge < -0.3 is 15.4 Å². The van der Waals surface area contributed by atoms with Crippen LogP contribution in [0, 0.1) is 0 Å². The Hall–Kier alpha value is -1.55. The molecule has 2 heterocycles. The molecule has 108 valence electrons. The number of carbonyl (C=O) groups is 1. The number of anilines is 2. The van der Waals surface area contributed by atoms with E-state index in [0.29, 0.717) is 6.42 Å². The quantitative estimate of drug-likeness (QED) is 0.862. The van der Waals surface area contributed by atoms with E-state index in [-0.39, 0.29) is 12.0 Å². The molecule has 1 fully saturated rings. The molecule has 1 aromatic carbocycles. The molecule has 4 nitrogen and oxygen atoms in total. The molecule has 3 rings (SSSR count). The lowest BCUT2D eigenvalue weighted by Gasteiger charge is -2.30. The van der Waals surface area contributed by atoms with Crippen molar-refractivity contribution in [1.29, 1.82) is 0 Å². The van der Waals surface area contributed by atoms with Crippen LogP contribution in [0.3, 0.4) is 0 Å². The van der Waals surface area contributed by atoms with Gasteiger partial charge in [0.1, 0.15) is 0 Å². The van der Waals surface area contributed by atoms with Crippen molar-refractivity contribution in [1.82, 2.24) is 0 Å². The van der Waals surface area contributed by atoms with Gasteiger partial charge in [-0.2, -0.15) is 0 Å². The van der Waals surface area contributed by atoms with Crippen LogP contribution in [-0.2, 0) is 16.0 Å². The van der Waals surface area contributed by atoms with Gasteiger partial charge in [-0.05, 0) is 49.8 Å². The summed E-state index contributed by atoms with van der Waals surface area (Å²) in [5, 5.41) is 0. The predicted octanol–water partition coefficient (Wildman–Crippen LogP) is 2.51. The third-order valence-electron chi connectivity index (χ3n) is 4.29. The smallest absolute Gasteiger partial charge is 0.227 e. The number of ether oxygens (including phenoxy) is 1. The third kappa shape index (κ3) is 2.66. The van der Waals surface area contributed by atoms with Crippen LogP contribution in [-0.4, -0.2) is 25.2 Å². The molecule has 0 spiro atoms. The van der Waals surface area contributed by atoms with Gasteiger partial charge in [0.25, 0.3) is 0 Å². The largest absolute Gasteiger partial charge is 0.398 e. The predicted molar refractivity (Wildman–Crippen MR) is 79.7 cm³/mol. The molecule has 4 heteroatoms. The summed E-state index contributed by atoms with van der Waals surface area (Å²) in [5.41, 5.74) is 8.96. The Bertz CT molecular complexity index is 495. The number of carbonyl (C=O) groups excluding carboxylic acids is 1. The van der Waals surface area contributed by atoms with Crippen LogP contribution in [0.5, 0.6) is 0 Å². The van der Waals surface area contributed by atoms with E-state index in [0.717, 1.165) is 62.2 Å². The summed E-state index contributed by atoms with van der Waals surface area (Å²) in [7, 11) is 0. The lowest BCUT2D eigenvalue weighted by Crippen LogP contribution is -2.36. The molecular formula is C16H22N2O2. The van der Waals surface area contributed by atoms with Crippen molar-refractivity contribution in [2.45, 2.75) is 44.6 Å². The minimum absolute atomic E-state index is 0.201. The van der Waals surface area contributed by atoms with Crippen molar-refractivity contribution in [2.75, 3.05) is 23.8 Å². The van der Waals surface area contributed by atoms with Crippen LogP contribution in [0.4, 0.5) is 11.4 Å². The van der Waals surface area contributed by atoms with Gasteiger partial charge in [-0.1, -0.05) is 6.07 Å². The van der Waals surface area contributed by atoms with Crippen LogP contribution in [0.1, 0.15) is 37.7 Å². The van der Waals surface area contributed by atoms with Crippen LogP contribution >= 0.6 is 0 Å². The molecule has 1 unspecified atom stereocenters. The standard InChI is InChI=1S/C16H22N2O2/c17-14-6-1-7-15-13(14)5-2-10-18(15)16(19)9-8-12-4-3-11-20-12/h1,6-7,12H,2-5,8-11,17H2. The van der Waals surface area contributed by atoms with Gasteiger partial charge in [0.15, 0.2) is 0 Å². The summed E-state index contributed by atoms with van der Waals surface area (Å²) >= 11 is 0. The van der Waals surface area contributed by atoms with Gasteiger partial charge >= 0.3 is 0 Å².